The summed E-state index contributed by atoms with van der Waals surface area (Å²) in [6.07, 6.45) is 0.492. The van der Waals surface area contributed by atoms with Crippen molar-refractivity contribution in [3.8, 4) is 5.75 Å². The molecule has 17 heavy (non-hydrogen) atoms. The van der Waals surface area contributed by atoms with Crippen LogP contribution >= 0.6 is 0 Å². The Labute approximate surface area is 99.2 Å². The normalized spacial score (nSPS) is 19.9. The van der Waals surface area contributed by atoms with Crippen LogP contribution in [0.5, 0.6) is 5.75 Å². The maximum atomic E-state index is 13.0. The van der Waals surface area contributed by atoms with E-state index in [9.17, 15) is 12.8 Å². The summed E-state index contributed by atoms with van der Waals surface area (Å²) < 4.78 is 42.0. The Balaban J connectivity index is 2.42. The third-order valence-electron chi connectivity index (χ3n) is 2.82. The van der Waals surface area contributed by atoms with Crippen molar-refractivity contribution in [3.05, 3.63) is 29.6 Å². The number of halogens is 1. The second-order valence-corrected chi connectivity index (χ2v) is 5.50. The number of benzene rings is 1. The van der Waals surface area contributed by atoms with Crippen LogP contribution in [-0.2, 0) is 10.2 Å². The SMILES string of the molecule is CN([C@H]1CCOc2cc(F)ccc21)S(N)(=O)=O. The van der Waals surface area contributed by atoms with E-state index >= 15 is 0 Å². The molecule has 1 aromatic carbocycles. The molecule has 1 aliphatic heterocycles. The molecule has 0 fully saturated rings. The Kier molecular flexibility index (Phi) is 3.07. The summed E-state index contributed by atoms with van der Waals surface area (Å²) >= 11 is 0. The minimum absolute atomic E-state index is 0.334. The average Bonchev–Trinajstić information content (AvgIpc) is 2.25. The lowest BCUT2D eigenvalue weighted by Gasteiger charge is -2.31. The second-order valence-electron chi connectivity index (χ2n) is 3.90. The molecule has 0 bridgehead atoms. The molecule has 0 aliphatic carbocycles. The van der Waals surface area contributed by atoms with Gasteiger partial charge in [0.15, 0.2) is 0 Å². The molecule has 2 rings (SSSR count). The molecule has 0 radical (unpaired) electrons. The van der Waals surface area contributed by atoms with E-state index < -0.39 is 22.1 Å². The van der Waals surface area contributed by atoms with E-state index in [0.29, 0.717) is 24.3 Å². The average molecular weight is 260 g/mol. The van der Waals surface area contributed by atoms with Crippen LogP contribution in [0.1, 0.15) is 18.0 Å². The van der Waals surface area contributed by atoms with E-state index in [1.807, 2.05) is 0 Å². The van der Waals surface area contributed by atoms with Gasteiger partial charge in [-0.3, -0.25) is 0 Å². The number of nitrogens with zero attached hydrogens (tertiary/aromatic N) is 1. The number of hydrogen-bond acceptors (Lipinski definition) is 3. The maximum Gasteiger partial charge on any atom is 0.277 e. The first kappa shape index (κ1) is 12.3. The number of hydrogen-bond donors (Lipinski definition) is 1. The zero-order chi connectivity index (χ0) is 12.6. The molecule has 1 atom stereocenters. The molecule has 5 nitrogen and oxygen atoms in total. The Morgan fingerprint density at radius 3 is 2.88 bits per heavy atom. The zero-order valence-corrected chi connectivity index (χ0v) is 10.1. The summed E-state index contributed by atoms with van der Waals surface area (Å²) in [5.41, 5.74) is 0.633. The van der Waals surface area contributed by atoms with Gasteiger partial charge in [0.25, 0.3) is 10.2 Å². The van der Waals surface area contributed by atoms with Gasteiger partial charge in [-0.2, -0.15) is 12.7 Å². The van der Waals surface area contributed by atoms with E-state index in [1.54, 1.807) is 0 Å². The molecule has 7 heteroatoms. The predicted molar refractivity (Wildman–Crippen MR) is 60.1 cm³/mol. The highest BCUT2D eigenvalue weighted by Gasteiger charge is 2.30. The number of fused-ring (bicyclic) bond motifs is 1. The van der Waals surface area contributed by atoms with E-state index in [0.717, 1.165) is 4.31 Å². The van der Waals surface area contributed by atoms with Crippen LogP contribution in [0.2, 0.25) is 0 Å². The van der Waals surface area contributed by atoms with Gasteiger partial charge < -0.3 is 4.74 Å². The lowest BCUT2D eigenvalue weighted by atomic mass is 10.0. The largest absolute Gasteiger partial charge is 0.493 e. The Morgan fingerprint density at radius 2 is 2.24 bits per heavy atom. The number of nitrogens with two attached hydrogens (primary N) is 1. The van der Waals surface area contributed by atoms with Gasteiger partial charge in [-0.05, 0) is 6.07 Å². The first-order valence-electron chi connectivity index (χ1n) is 5.07. The standard InChI is InChI=1S/C10H13FN2O3S/c1-13(17(12,14)15)9-4-5-16-10-6-7(11)2-3-8(9)10/h2-3,6,9H,4-5H2,1H3,(H2,12,14,15)/t9-/m0/s1. The smallest absolute Gasteiger partial charge is 0.277 e. The molecule has 1 aromatic rings. The molecule has 0 unspecified atom stereocenters. The van der Waals surface area contributed by atoms with Gasteiger partial charge in [0, 0.05) is 25.1 Å². The van der Waals surface area contributed by atoms with Crippen LogP contribution in [-0.4, -0.2) is 26.4 Å². The van der Waals surface area contributed by atoms with Gasteiger partial charge in [-0.25, -0.2) is 9.53 Å². The molecule has 0 aromatic heterocycles. The summed E-state index contributed by atoms with van der Waals surface area (Å²) in [5.74, 6) is -0.0422. The summed E-state index contributed by atoms with van der Waals surface area (Å²) in [6.45, 7) is 0.334. The van der Waals surface area contributed by atoms with Gasteiger partial charge in [0.1, 0.15) is 11.6 Å². The summed E-state index contributed by atoms with van der Waals surface area (Å²) in [5, 5.41) is 5.08. The molecule has 0 amide bonds. The fourth-order valence-corrected chi connectivity index (χ4v) is 2.47. The monoisotopic (exact) mass is 260 g/mol. The van der Waals surface area contributed by atoms with Crippen molar-refractivity contribution in [3.63, 3.8) is 0 Å². The molecule has 1 aliphatic rings. The fraction of sp³-hybridized carbons (Fsp3) is 0.400. The number of ether oxygens (including phenoxy) is 1. The van der Waals surface area contributed by atoms with Crippen molar-refractivity contribution in [2.45, 2.75) is 12.5 Å². The topological polar surface area (TPSA) is 72.6 Å². The van der Waals surface area contributed by atoms with Crippen molar-refractivity contribution in [1.29, 1.82) is 0 Å². The quantitative estimate of drug-likeness (QED) is 0.854. The Hall–Kier alpha value is -1.18. The van der Waals surface area contributed by atoms with Gasteiger partial charge in [0.05, 0.1) is 12.6 Å². The highest BCUT2D eigenvalue weighted by Crippen LogP contribution is 2.36. The molecule has 0 saturated carbocycles. The van der Waals surface area contributed by atoms with E-state index in [4.69, 9.17) is 9.88 Å². The first-order chi connectivity index (χ1) is 7.89. The van der Waals surface area contributed by atoms with Crippen LogP contribution in [0, 0.1) is 5.82 Å². The molecule has 0 spiro atoms. The zero-order valence-electron chi connectivity index (χ0n) is 9.26. The van der Waals surface area contributed by atoms with Crippen molar-refractivity contribution in [2.75, 3.05) is 13.7 Å². The lowest BCUT2D eigenvalue weighted by Crippen LogP contribution is -2.38. The van der Waals surface area contributed by atoms with Crippen LogP contribution in [0.25, 0.3) is 0 Å². The van der Waals surface area contributed by atoms with Crippen molar-refractivity contribution in [2.24, 2.45) is 5.14 Å². The van der Waals surface area contributed by atoms with Gasteiger partial charge in [-0.15, -0.1) is 0 Å². The molecule has 1 heterocycles. The van der Waals surface area contributed by atoms with Crippen LogP contribution in [0.3, 0.4) is 0 Å². The molecular formula is C10H13FN2O3S. The lowest BCUT2D eigenvalue weighted by molar-refractivity contribution is 0.220. The second kappa shape index (κ2) is 4.25. The minimum atomic E-state index is -3.77. The molecule has 0 saturated heterocycles. The van der Waals surface area contributed by atoms with Gasteiger partial charge in [0.2, 0.25) is 0 Å². The summed E-state index contributed by atoms with van der Waals surface area (Å²) in [7, 11) is -2.37. The highest BCUT2D eigenvalue weighted by atomic mass is 32.2. The first-order valence-corrected chi connectivity index (χ1v) is 6.58. The third kappa shape index (κ3) is 2.41. The Bertz CT molecular complexity index is 532. The van der Waals surface area contributed by atoms with Crippen molar-refractivity contribution >= 4 is 10.2 Å². The van der Waals surface area contributed by atoms with E-state index in [-0.39, 0.29) is 0 Å². The van der Waals surface area contributed by atoms with Crippen LogP contribution < -0.4 is 9.88 Å². The molecule has 94 valence electrons. The van der Waals surface area contributed by atoms with Crippen molar-refractivity contribution < 1.29 is 17.5 Å². The maximum absolute atomic E-state index is 13.0. The van der Waals surface area contributed by atoms with E-state index in [2.05, 4.69) is 0 Å². The minimum Gasteiger partial charge on any atom is -0.493 e. The molecule has 2 N–H and O–H groups in total. The Morgan fingerprint density at radius 1 is 1.53 bits per heavy atom. The van der Waals surface area contributed by atoms with Crippen molar-refractivity contribution in [1.82, 2.24) is 4.31 Å². The summed E-state index contributed by atoms with van der Waals surface area (Å²) in [6, 6.07) is 3.64. The van der Waals surface area contributed by atoms with Gasteiger partial charge >= 0.3 is 0 Å². The summed E-state index contributed by atoms with van der Waals surface area (Å²) in [4.78, 5) is 0. The highest BCUT2D eigenvalue weighted by molar-refractivity contribution is 7.86. The van der Waals surface area contributed by atoms with Gasteiger partial charge in [-0.1, -0.05) is 6.07 Å². The van der Waals surface area contributed by atoms with E-state index in [1.165, 1.54) is 25.2 Å². The predicted octanol–water partition coefficient (Wildman–Crippen LogP) is 0.785. The molecular weight excluding hydrogens is 247 g/mol. The van der Waals surface area contributed by atoms with Crippen LogP contribution in [0.4, 0.5) is 4.39 Å². The van der Waals surface area contributed by atoms with Crippen LogP contribution in [0.15, 0.2) is 18.2 Å². The third-order valence-corrected chi connectivity index (χ3v) is 3.88. The fourth-order valence-electron chi connectivity index (χ4n) is 1.90. The number of rotatable bonds is 2.